The van der Waals surface area contributed by atoms with Gasteiger partial charge in [-0.1, -0.05) is 40.9 Å². The molecule has 0 atom stereocenters. The van der Waals surface area contributed by atoms with Crippen LogP contribution in [0.25, 0.3) is 0 Å². The molecule has 0 aliphatic carbocycles. The summed E-state index contributed by atoms with van der Waals surface area (Å²) in [6.07, 6.45) is 1.29. The zero-order valence-electron chi connectivity index (χ0n) is 10.5. The van der Waals surface area contributed by atoms with Crippen LogP contribution in [0.3, 0.4) is 0 Å². The highest BCUT2D eigenvalue weighted by atomic mass is 35.5. The van der Waals surface area contributed by atoms with Crippen molar-refractivity contribution in [3.8, 4) is 0 Å². The molecule has 0 amide bonds. The molecule has 0 N–H and O–H groups in total. The fraction of sp³-hybridized carbons (Fsp3) is 0.286. The highest BCUT2D eigenvalue weighted by Gasteiger charge is 2.17. The second-order valence-corrected chi connectivity index (χ2v) is 5.77. The van der Waals surface area contributed by atoms with E-state index in [1.54, 1.807) is 12.1 Å². The molecule has 0 saturated heterocycles. The number of nitrogens with zero attached hydrogens (tertiary/aromatic N) is 2. The Kier molecular flexibility index (Phi) is 4.13. The molecular formula is C14H11Cl3N2O. The van der Waals surface area contributed by atoms with Crippen LogP contribution in [0.1, 0.15) is 22.6 Å². The lowest BCUT2D eigenvalue weighted by molar-refractivity contribution is 0.109. The molecule has 1 aliphatic rings. The molecule has 3 nitrogen and oxygen atoms in total. The molecule has 2 heterocycles. The summed E-state index contributed by atoms with van der Waals surface area (Å²) in [4.78, 5) is 8.89. The van der Waals surface area contributed by atoms with E-state index < -0.39 is 0 Å². The predicted molar refractivity (Wildman–Crippen MR) is 79.7 cm³/mol. The van der Waals surface area contributed by atoms with Crippen molar-refractivity contribution in [1.82, 2.24) is 9.97 Å². The van der Waals surface area contributed by atoms with E-state index in [9.17, 15) is 0 Å². The van der Waals surface area contributed by atoms with Crippen molar-refractivity contribution in [2.24, 2.45) is 0 Å². The van der Waals surface area contributed by atoms with E-state index in [4.69, 9.17) is 39.5 Å². The van der Waals surface area contributed by atoms with Gasteiger partial charge in [0.1, 0.15) is 11.0 Å². The number of rotatable bonds is 2. The lowest BCUT2D eigenvalue weighted by atomic mass is 10.1. The number of ether oxygens (including phenoxy) is 1. The van der Waals surface area contributed by atoms with Gasteiger partial charge in [0, 0.05) is 28.5 Å². The van der Waals surface area contributed by atoms with Crippen LogP contribution in [0, 0.1) is 0 Å². The molecule has 0 spiro atoms. The minimum absolute atomic E-state index is 0.467. The summed E-state index contributed by atoms with van der Waals surface area (Å²) in [5.74, 6) is 0.667. The summed E-state index contributed by atoms with van der Waals surface area (Å²) >= 11 is 18.3. The van der Waals surface area contributed by atoms with Crippen molar-refractivity contribution in [2.45, 2.75) is 19.4 Å². The molecule has 0 fully saturated rings. The minimum Gasteiger partial charge on any atom is -0.376 e. The normalized spacial score (nSPS) is 14.2. The lowest BCUT2D eigenvalue weighted by Crippen LogP contribution is -2.15. The van der Waals surface area contributed by atoms with Crippen LogP contribution in [0.2, 0.25) is 15.2 Å². The molecule has 0 radical (unpaired) electrons. The van der Waals surface area contributed by atoms with Crippen LogP contribution < -0.4 is 0 Å². The van der Waals surface area contributed by atoms with Crippen LogP contribution >= 0.6 is 34.8 Å². The lowest BCUT2D eigenvalue weighted by Gasteiger charge is -2.17. The Labute approximate surface area is 131 Å². The summed E-state index contributed by atoms with van der Waals surface area (Å²) in [6, 6.07) is 5.40. The number of halogens is 3. The SMILES string of the molecule is Clc1ccc(Cc2nc(Cl)c3c(n2)CCOC3)c(Cl)c1. The predicted octanol–water partition coefficient (Wildman–Crippen LogP) is 4.10. The van der Waals surface area contributed by atoms with Crippen molar-refractivity contribution >= 4 is 34.8 Å². The molecule has 1 aliphatic heterocycles. The first-order valence-corrected chi connectivity index (χ1v) is 7.32. The molecule has 104 valence electrons. The standard InChI is InChI=1S/C14H11Cl3N2O/c15-9-2-1-8(11(16)6-9)5-13-18-12-3-4-20-7-10(12)14(17)19-13/h1-2,6H,3-5,7H2. The zero-order valence-corrected chi connectivity index (χ0v) is 12.8. The van der Waals surface area contributed by atoms with E-state index in [0.29, 0.717) is 40.7 Å². The molecule has 0 saturated carbocycles. The molecule has 0 unspecified atom stereocenters. The molecule has 1 aromatic heterocycles. The van der Waals surface area contributed by atoms with Gasteiger partial charge in [0.2, 0.25) is 0 Å². The van der Waals surface area contributed by atoms with E-state index >= 15 is 0 Å². The van der Waals surface area contributed by atoms with Gasteiger partial charge in [-0.05, 0) is 17.7 Å². The Hall–Kier alpha value is -0.870. The molecule has 2 aromatic rings. The zero-order chi connectivity index (χ0) is 14.1. The molecular weight excluding hydrogens is 319 g/mol. The van der Waals surface area contributed by atoms with Gasteiger partial charge in [-0.15, -0.1) is 0 Å². The van der Waals surface area contributed by atoms with E-state index in [0.717, 1.165) is 23.2 Å². The van der Waals surface area contributed by atoms with Crippen molar-refractivity contribution in [1.29, 1.82) is 0 Å². The minimum atomic E-state index is 0.467. The average molecular weight is 330 g/mol. The maximum Gasteiger partial charge on any atom is 0.138 e. The molecule has 6 heteroatoms. The molecule has 3 rings (SSSR count). The smallest absolute Gasteiger partial charge is 0.138 e. The van der Waals surface area contributed by atoms with Gasteiger partial charge < -0.3 is 4.74 Å². The van der Waals surface area contributed by atoms with E-state index in [-0.39, 0.29) is 0 Å². The number of aromatic nitrogens is 2. The Morgan fingerprint density at radius 2 is 2.00 bits per heavy atom. The molecule has 20 heavy (non-hydrogen) atoms. The van der Waals surface area contributed by atoms with Gasteiger partial charge in [0.05, 0.1) is 18.9 Å². The second-order valence-electron chi connectivity index (χ2n) is 4.57. The van der Waals surface area contributed by atoms with Gasteiger partial charge in [-0.3, -0.25) is 0 Å². The Bertz CT molecular complexity index is 661. The van der Waals surface area contributed by atoms with Gasteiger partial charge in [0.15, 0.2) is 0 Å². The first kappa shape index (κ1) is 14.1. The highest BCUT2D eigenvalue weighted by molar-refractivity contribution is 6.35. The summed E-state index contributed by atoms with van der Waals surface area (Å²) < 4.78 is 5.37. The summed E-state index contributed by atoms with van der Waals surface area (Å²) in [7, 11) is 0. The number of hydrogen-bond donors (Lipinski definition) is 0. The van der Waals surface area contributed by atoms with Crippen LogP contribution in [0.5, 0.6) is 0 Å². The summed E-state index contributed by atoms with van der Waals surface area (Å²) in [5.41, 5.74) is 2.79. The maximum absolute atomic E-state index is 6.19. The van der Waals surface area contributed by atoms with Crippen molar-refractivity contribution in [3.63, 3.8) is 0 Å². The van der Waals surface area contributed by atoms with Crippen molar-refractivity contribution in [3.05, 3.63) is 56.0 Å². The van der Waals surface area contributed by atoms with Crippen LogP contribution in [0.15, 0.2) is 18.2 Å². The Morgan fingerprint density at radius 1 is 1.15 bits per heavy atom. The van der Waals surface area contributed by atoms with Crippen molar-refractivity contribution in [2.75, 3.05) is 6.61 Å². The van der Waals surface area contributed by atoms with E-state index in [1.165, 1.54) is 0 Å². The topological polar surface area (TPSA) is 35.0 Å². The van der Waals surface area contributed by atoms with Gasteiger partial charge in [-0.25, -0.2) is 9.97 Å². The fourth-order valence-corrected chi connectivity index (χ4v) is 2.89. The first-order chi connectivity index (χ1) is 9.63. The van der Waals surface area contributed by atoms with Crippen molar-refractivity contribution < 1.29 is 4.74 Å². The van der Waals surface area contributed by atoms with E-state index in [1.807, 2.05) is 6.07 Å². The summed E-state index contributed by atoms with van der Waals surface area (Å²) in [5, 5.41) is 1.69. The molecule has 1 aromatic carbocycles. The third kappa shape index (κ3) is 2.91. The molecule has 0 bridgehead atoms. The average Bonchev–Trinajstić information content (AvgIpc) is 2.42. The largest absolute Gasteiger partial charge is 0.376 e. The fourth-order valence-electron chi connectivity index (χ4n) is 2.16. The number of benzene rings is 1. The summed E-state index contributed by atoms with van der Waals surface area (Å²) in [6.45, 7) is 1.15. The second kappa shape index (κ2) is 5.86. The van der Waals surface area contributed by atoms with Gasteiger partial charge >= 0.3 is 0 Å². The van der Waals surface area contributed by atoms with Gasteiger partial charge in [-0.2, -0.15) is 0 Å². The Balaban J connectivity index is 1.93. The number of fused-ring (bicyclic) bond motifs is 1. The maximum atomic E-state index is 6.19. The third-order valence-corrected chi connectivity index (χ3v) is 4.08. The Morgan fingerprint density at radius 3 is 2.80 bits per heavy atom. The third-order valence-electron chi connectivity index (χ3n) is 3.18. The number of hydrogen-bond acceptors (Lipinski definition) is 3. The first-order valence-electron chi connectivity index (χ1n) is 6.19. The van der Waals surface area contributed by atoms with Crippen LogP contribution in [-0.4, -0.2) is 16.6 Å². The monoisotopic (exact) mass is 328 g/mol. The quantitative estimate of drug-likeness (QED) is 0.778. The highest BCUT2D eigenvalue weighted by Crippen LogP contribution is 2.25. The van der Waals surface area contributed by atoms with Crippen LogP contribution in [0.4, 0.5) is 0 Å². The van der Waals surface area contributed by atoms with E-state index in [2.05, 4.69) is 9.97 Å². The van der Waals surface area contributed by atoms with Crippen LogP contribution in [-0.2, 0) is 24.2 Å². The van der Waals surface area contributed by atoms with Gasteiger partial charge in [0.25, 0.3) is 0 Å².